The molecule has 2 heterocycles. The van der Waals surface area contributed by atoms with Gasteiger partial charge in [0.05, 0.1) is 11.4 Å². The number of fused-ring (bicyclic) bond motifs is 1. The summed E-state index contributed by atoms with van der Waals surface area (Å²) >= 11 is 0. The SMILES string of the molecule is CCS(=O)(=O)N1CCc2cc(C(=O)N3CCCCCC3)ccc21. The van der Waals surface area contributed by atoms with Gasteiger partial charge < -0.3 is 4.90 Å². The van der Waals surface area contributed by atoms with Crippen LogP contribution in [0, 0.1) is 0 Å². The number of hydrogen-bond acceptors (Lipinski definition) is 3. The van der Waals surface area contributed by atoms with Gasteiger partial charge in [-0.3, -0.25) is 9.10 Å². The second kappa shape index (κ2) is 6.51. The van der Waals surface area contributed by atoms with Crippen LogP contribution in [0.25, 0.3) is 0 Å². The topological polar surface area (TPSA) is 57.7 Å². The molecule has 2 aliphatic heterocycles. The summed E-state index contributed by atoms with van der Waals surface area (Å²) in [6.07, 6.45) is 5.20. The average molecular weight is 336 g/mol. The number of benzene rings is 1. The summed E-state index contributed by atoms with van der Waals surface area (Å²) in [5, 5.41) is 0. The maximum atomic E-state index is 12.7. The molecule has 0 bridgehead atoms. The zero-order valence-corrected chi connectivity index (χ0v) is 14.4. The average Bonchev–Trinajstić information content (AvgIpc) is 2.80. The maximum Gasteiger partial charge on any atom is 0.253 e. The summed E-state index contributed by atoms with van der Waals surface area (Å²) < 4.78 is 25.7. The van der Waals surface area contributed by atoms with Gasteiger partial charge in [0.25, 0.3) is 5.91 Å². The van der Waals surface area contributed by atoms with Crippen LogP contribution in [0.2, 0.25) is 0 Å². The van der Waals surface area contributed by atoms with E-state index in [1.807, 2.05) is 11.0 Å². The molecule has 1 fully saturated rings. The van der Waals surface area contributed by atoms with Crippen molar-refractivity contribution in [2.75, 3.05) is 29.7 Å². The zero-order chi connectivity index (χ0) is 16.4. The molecule has 126 valence electrons. The molecule has 0 aromatic heterocycles. The first-order valence-electron chi connectivity index (χ1n) is 8.45. The minimum atomic E-state index is -3.23. The summed E-state index contributed by atoms with van der Waals surface area (Å²) in [7, 11) is -3.23. The summed E-state index contributed by atoms with van der Waals surface area (Å²) in [6.45, 7) is 3.79. The van der Waals surface area contributed by atoms with Gasteiger partial charge in [-0.25, -0.2) is 8.42 Å². The van der Waals surface area contributed by atoms with Crippen molar-refractivity contribution in [2.24, 2.45) is 0 Å². The second-order valence-electron chi connectivity index (χ2n) is 6.27. The van der Waals surface area contributed by atoms with E-state index in [0.717, 1.165) is 37.2 Å². The van der Waals surface area contributed by atoms with Gasteiger partial charge in [0, 0.05) is 25.2 Å². The van der Waals surface area contributed by atoms with Crippen molar-refractivity contribution in [3.05, 3.63) is 29.3 Å². The van der Waals surface area contributed by atoms with Gasteiger partial charge in [0.1, 0.15) is 0 Å². The number of hydrogen-bond donors (Lipinski definition) is 0. The second-order valence-corrected chi connectivity index (χ2v) is 8.45. The first-order valence-corrected chi connectivity index (χ1v) is 10.1. The number of amides is 1. The van der Waals surface area contributed by atoms with Crippen molar-refractivity contribution in [2.45, 2.75) is 39.0 Å². The Hall–Kier alpha value is -1.56. The highest BCUT2D eigenvalue weighted by Gasteiger charge is 2.29. The van der Waals surface area contributed by atoms with Crippen LogP contribution in [0.3, 0.4) is 0 Å². The summed E-state index contributed by atoms with van der Waals surface area (Å²) in [5.41, 5.74) is 2.38. The Balaban J connectivity index is 1.83. The molecule has 0 atom stereocenters. The number of carbonyl (C=O) groups is 1. The van der Waals surface area contributed by atoms with Gasteiger partial charge in [-0.2, -0.15) is 0 Å². The normalized spacial score (nSPS) is 18.7. The van der Waals surface area contributed by atoms with Crippen molar-refractivity contribution in [1.82, 2.24) is 4.90 Å². The molecule has 0 spiro atoms. The predicted octanol–water partition coefficient (Wildman–Crippen LogP) is 2.42. The highest BCUT2D eigenvalue weighted by Crippen LogP contribution is 2.31. The molecule has 0 N–H and O–H groups in total. The molecule has 0 aliphatic carbocycles. The molecule has 23 heavy (non-hydrogen) atoms. The predicted molar refractivity (Wildman–Crippen MR) is 91.3 cm³/mol. The molecule has 3 rings (SSSR count). The highest BCUT2D eigenvalue weighted by atomic mass is 32.2. The van der Waals surface area contributed by atoms with Crippen molar-refractivity contribution in [3.63, 3.8) is 0 Å². The van der Waals surface area contributed by atoms with Gasteiger partial charge in [0.2, 0.25) is 10.0 Å². The van der Waals surface area contributed by atoms with Crippen LogP contribution in [0.1, 0.15) is 48.5 Å². The van der Waals surface area contributed by atoms with Gasteiger partial charge in [-0.15, -0.1) is 0 Å². The van der Waals surface area contributed by atoms with Crippen LogP contribution >= 0.6 is 0 Å². The van der Waals surface area contributed by atoms with Crippen molar-refractivity contribution < 1.29 is 13.2 Å². The van der Waals surface area contributed by atoms with E-state index in [-0.39, 0.29) is 11.7 Å². The first kappa shape index (κ1) is 16.3. The molecule has 2 aliphatic rings. The summed E-state index contributed by atoms with van der Waals surface area (Å²) in [4.78, 5) is 14.6. The van der Waals surface area contributed by atoms with Crippen LogP contribution in [-0.2, 0) is 16.4 Å². The molecule has 0 saturated carbocycles. The molecule has 1 saturated heterocycles. The standard InChI is InChI=1S/C17H24N2O3S/c1-2-23(21,22)19-12-9-14-13-15(7-8-16(14)19)17(20)18-10-5-3-4-6-11-18/h7-8,13H,2-6,9-12H2,1H3. The van der Waals surface area contributed by atoms with E-state index in [1.54, 1.807) is 19.1 Å². The van der Waals surface area contributed by atoms with E-state index in [4.69, 9.17) is 0 Å². The van der Waals surface area contributed by atoms with E-state index >= 15 is 0 Å². The smallest absolute Gasteiger partial charge is 0.253 e. The Morgan fingerprint density at radius 2 is 1.78 bits per heavy atom. The van der Waals surface area contributed by atoms with Crippen molar-refractivity contribution in [3.8, 4) is 0 Å². The molecular formula is C17H24N2O3S. The van der Waals surface area contributed by atoms with Crippen molar-refractivity contribution >= 4 is 21.6 Å². The first-order chi connectivity index (χ1) is 11.0. The Morgan fingerprint density at radius 1 is 1.09 bits per heavy atom. The Bertz CT molecular complexity index is 692. The van der Waals surface area contributed by atoms with Gasteiger partial charge >= 0.3 is 0 Å². The fourth-order valence-corrected chi connectivity index (χ4v) is 4.56. The van der Waals surface area contributed by atoms with Crippen LogP contribution in [0.15, 0.2) is 18.2 Å². The minimum Gasteiger partial charge on any atom is -0.339 e. The van der Waals surface area contributed by atoms with E-state index in [2.05, 4.69) is 0 Å². The monoisotopic (exact) mass is 336 g/mol. The van der Waals surface area contributed by atoms with E-state index < -0.39 is 10.0 Å². The lowest BCUT2D eigenvalue weighted by molar-refractivity contribution is 0.0761. The number of nitrogens with zero attached hydrogens (tertiary/aromatic N) is 2. The van der Waals surface area contributed by atoms with Gasteiger partial charge in [0.15, 0.2) is 0 Å². The molecular weight excluding hydrogens is 312 g/mol. The fraction of sp³-hybridized carbons (Fsp3) is 0.588. The van der Waals surface area contributed by atoms with Crippen LogP contribution in [-0.4, -0.2) is 44.6 Å². The molecule has 0 radical (unpaired) electrons. The third-order valence-electron chi connectivity index (χ3n) is 4.77. The van der Waals surface area contributed by atoms with E-state index in [0.29, 0.717) is 18.5 Å². The van der Waals surface area contributed by atoms with Crippen molar-refractivity contribution in [1.29, 1.82) is 0 Å². The van der Waals surface area contributed by atoms with Crippen LogP contribution in [0.4, 0.5) is 5.69 Å². The Labute approximate surface area is 138 Å². The Morgan fingerprint density at radius 3 is 2.43 bits per heavy atom. The fourth-order valence-electron chi connectivity index (χ4n) is 3.41. The molecule has 6 heteroatoms. The number of carbonyl (C=O) groups excluding carboxylic acids is 1. The largest absolute Gasteiger partial charge is 0.339 e. The third kappa shape index (κ3) is 3.22. The summed E-state index contributed by atoms with van der Waals surface area (Å²) in [5.74, 6) is 0.174. The summed E-state index contributed by atoms with van der Waals surface area (Å²) in [6, 6.07) is 5.45. The third-order valence-corrected chi connectivity index (χ3v) is 6.55. The lowest BCUT2D eigenvalue weighted by atomic mass is 10.1. The number of anilines is 1. The van der Waals surface area contributed by atoms with Crippen LogP contribution < -0.4 is 4.31 Å². The molecule has 1 aromatic rings. The number of sulfonamides is 1. The van der Waals surface area contributed by atoms with E-state index in [9.17, 15) is 13.2 Å². The maximum absolute atomic E-state index is 12.7. The number of likely N-dealkylation sites (tertiary alicyclic amines) is 1. The Kier molecular flexibility index (Phi) is 4.62. The number of rotatable bonds is 3. The molecule has 1 amide bonds. The van der Waals surface area contributed by atoms with Gasteiger partial charge in [-0.1, -0.05) is 12.8 Å². The minimum absolute atomic E-state index is 0.0755. The quantitative estimate of drug-likeness (QED) is 0.852. The van der Waals surface area contributed by atoms with Gasteiger partial charge in [-0.05, 0) is 49.9 Å². The molecule has 5 nitrogen and oxygen atoms in total. The zero-order valence-electron chi connectivity index (χ0n) is 13.6. The van der Waals surface area contributed by atoms with E-state index in [1.165, 1.54) is 17.1 Å². The highest BCUT2D eigenvalue weighted by molar-refractivity contribution is 7.92. The lowest BCUT2D eigenvalue weighted by Crippen LogP contribution is -2.32. The van der Waals surface area contributed by atoms with Crippen LogP contribution in [0.5, 0.6) is 0 Å². The lowest BCUT2D eigenvalue weighted by Gasteiger charge is -2.21. The molecule has 0 unspecified atom stereocenters. The molecule has 1 aromatic carbocycles.